The fraction of sp³-hybridized carbons (Fsp3) is 1.00. The molecule has 0 aromatic rings. The van der Waals surface area contributed by atoms with Crippen molar-refractivity contribution in [3.8, 4) is 0 Å². The topological polar surface area (TPSA) is 24.5 Å². The molecule has 2 unspecified atom stereocenters. The van der Waals surface area contributed by atoms with Crippen LogP contribution >= 0.6 is 0 Å². The third-order valence-corrected chi connectivity index (χ3v) is 3.83. The fourth-order valence-corrected chi connectivity index (χ4v) is 2.42. The van der Waals surface area contributed by atoms with Crippen LogP contribution in [0.2, 0.25) is 0 Å². The quantitative estimate of drug-likeness (QED) is 0.675. The van der Waals surface area contributed by atoms with Gasteiger partial charge in [-0.2, -0.15) is 0 Å². The summed E-state index contributed by atoms with van der Waals surface area (Å²) in [5, 5.41) is 3.64. The normalized spacial score (nSPS) is 23.5. The molecule has 3 nitrogen and oxygen atoms in total. The van der Waals surface area contributed by atoms with E-state index in [1.165, 1.54) is 32.5 Å². The van der Waals surface area contributed by atoms with E-state index in [0.717, 1.165) is 25.7 Å². The van der Waals surface area contributed by atoms with Gasteiger partial charge in [0.15, 0.2) is 0 Å². The van der Waals surface area contributed by atoms with E-state index in [-0.39, 0.29) is 0 Å². The Balaban J connectivity index is 2.10. The van der Waals surface area contributed by atoms with Crippen LogP contribution in [0.1, 0.15) is 40.5 Å². The van der Waals surface area contributed by atoms with Gasteiger partial charge in [-0.25, -0.2) is 0 Å². The molecule has 0 bridgehead atoms. The van der Waals surface area contributed by atoms with Crippen molar-refractivity contribution in [1.29, 1.82) is 0 Å². The van der Waals surface area contributed by atoms with Crippen molar-refractivity contribution >= 4 is 0 Å². The summed E-state index contributed by atoms with van der Waals surface area (Å²) in [5.41, 5.74) is 0. The Morgan fingerprint density at radius 3 is 2.78 bits per heavy atom. The standard InChI is InChI=1S/C15H32N2O/c1-5-14(4)15-11-17(9-7-16-15)8-6-10-18-12-13(2)3/h13-16H,5-12H2,1-4H3. The molecular weight excluding hydrogens is 224 g/mol. The molecule has 1 aliphatic rings. The zero-order valence-corrected chi connectivity index (χ0v) is 12.7. The fourth-order valence-electron chi connectivity index (χ4n) is 2.42. The minimum absolute atomic E-state index is 0.652. The lowest BCUT2D eigenvalue weighted by Gasteiger charge is -2.36. The van der Waals surface area contributed by atoms with Gasteiger partial charge >= 0.3 is 0 Å². The average Bonchev–Trinajstić information content (AvgIpc) is 2.37. The first kappa shape index (κ1) is 15.9. The van der Waals surface area contributed by atoms with Crippen molar-refractivity contribution in [3.63, 3.8) is 0 Å². The molecule has 0 spiro atoms. The second-order valence-corrected chi connectivity index (χ2v) is 6.07. The summed E-state index contributed by atoms with van der Waals surface area (Å²) in [5.74, 6) is 1.43. The first-order chi connectivity index (χ1) is 8.63. The Labute approximate surface area is 113 Å². The van der Waals surface area contributed by atoms with Gasteiger partial charge in [0.25, 0.3) is 0 Å². The molecule has 0 aromatic carbocycles. The van der Waals surface area contributed by atoms with Gasteiger partial charge in [-0.15, -0.1) is 0 Å². The lowest BCUT2D eigenvalue weighted by atomic mass is 9.97. The molecule has 3 heteroatoms. The highest BCUT2D eigenvalue weighted by Gasteiger charge is 2.22. The highest BCUT2D eigenvalue weighted by atomic mass is 16.5. The molecule has 1 rings (SSSR count). The molecule has 1 fully saturated rings. The van der Waals surface area contributed by atoms with Crippen LogP contribution in [-0.4, -0.2) is 50.3 Å². The van der Waals surface area contributed by atoms with Crippen molar-refractivity contribution in [2.75, 3.05) is 39.4 Å². The molecule has 1 aliphatic heterocycles. The predicted octanol–water partition coefficient (Wildman–Crippen LogP) is 2.37. The van der Waals surface area contributed by atoms with Gasteiger partial charge in [0, 0.05) is 45.4 Å². The van der Waals surface area contributed by atoms with E-state index in [1.54, 1.807) is 0 Å². The van der Waals surface area contributed by atoms with E-state index in [2.05, 4.69) is 37.9 Å². The number of ether oxygens (including phenoxy) is 1. The second kappa shape index (κ2) is 8.89. The largest absolute Gasteiger partial charge is 0.381 e. The first-order valence-electron chi connectivity index (χ1n) is 7.67. The Morgan fingerprint density at radius 1 is 1.33 bits per heavy atom. The van der Waals surface area contributed by atoms with Crippen LogP contribution in [0.4, 0.5) is 0 Å². The van der Waals surface area contributed by atoms with Gasteiger partial charge in [-0.1, -0.05) is 34.1 Å². The molecule has 18 heavy (non-hydrogen) atoms. The van der Waals surface area contributed by atoms with Crippen molar-refractivity contribution in [3.05, 3.63) is 0 Å². The predicted molar refractivity (Wildman–Crippen MR) is 78.0 cm³/mol. The van der Waals surface area contributed by atoms with Gasteiger partial charge < -0.3 is 15.0 Å². The Kier molecular flexibility index (Phi) is 7.87. The summed E-state index contributed by atoms with van der Waals surface area (Å²) >= 11 is 0. The van der Waals surface area contributed by atoms with Crippen LogP contribution in [0.3, 0.4) is 0 Å². The Bertz CT molecular complexity index is 209. The van der Waals surface area contributed by atoms with E-state index >= 15 is 0 Å². The summed E-state index contributed by atoms with van der Waals surface area (Å²) in [6.45, 7) is 15.6. The molecule has 0 radical (unpaired) electrons. The molecule has 108 valence electrons. The lowest BCUT2D eigenvalue weighted by Crippen LogP contribution is -2.53. The molecule has 0 saturated carbocycles. The van der Waals surface area contributed by atoms with Gasteiger partial charge in [-0.3, -0.25) is 0 Å². The van der Waals surface area contributed by atoms with Gasteiger partial charge in [0.05, 0.1) is 0 Å². The zero-order chi connectivity index (χ0) is 13.4. The van der Waals surface area contributed by atoms with E-state index < -0.39 is 0 Å². The maximum Gasteiger partial charge on any atom is 0.0489 e. The summed E-state index contributed by atoms with van der Waals surface area (Å²) < 4.78 is 5.64. The van der Waals surface area contributed by atoms with Crippen LogP contribution in [-0.2, 0) is 4.74 Å². The Morgan fingerprint density at radius 2 is 2.11 bits per heavy atom. The minimum atomic E-state index is 0.652. The van der Waals surface area contributed by atoms with Gasteiger partial charge in [0.2, 0.25) is 0 Å². The molecule has 0 aromatic heterocycles. The summed E-state index contributed by atoms with van der Waals surface area (Å²) in [6.07, 6.45) is 2.43. The molecule has 0 amide bonds. The van der Waals surface area contributed by atoms with E-state index in [1.807, 2.05) is 0 Å². The average molecular weight is 256 g/mol. The number of nitrogens with zero attached hydrogens (tertiary/aromatic N) is 1. The van der Waals surface area contributed by atoms with Crippen LogP contribution in [0.5, 0.6) is 0 Å². The second-order valence-electron chi connectivity index (χ2n) is 6.07. The molecule has 1 saturated heterocycles. The third kappa shape index (κ3) is 6.17. The van der Waals surface area contributed by atoms with Gasteiger partial charge in [-0.05, 0) is 18.3 Å². The highest BCUT2D eigenvalue weighted by Crippen LogP contribution is 2.12. The van der Waals surface area contributed by atoms with Crippen molar-refractivity contribution in [2.24, 2.45) is 11.8 Å². The summed E-state index contributed by atoms with van der Waals surface area (Å²) in [6, 6.07) is 0.681. The zero-order valence-electron chi connectivity index (χ0n) is 12.7. The Hall–Kier alpha value is -0.120. The van der Waals surface area contributed by atoms with Crippen molar-refractivity contribution < 1.29 is 4.74 Å². The maximum atomic E-state index is 5.64. The number of piperazine rings is 1. The van der Waals surface area contributed by atoms with Crippen molar-refractivity contribution in [1.82, 2.24) is 10.2 Å². The summed E-state index contributed by atoms with van der Waals surface area (Å²) in [4.78, 5) is 2.59. The monoisotopic (exact) mass is 256 g/mol. The van der Waals surface area contributed by atoms with Crippen LogP contribution in [0, 0.1) is 11.8 Å². The van der Waals surface area contributed by atoms with Crippen LogP contribution < -0.4 is 5.32 Å². The third-order valence-electron chi connectivity index (χ3n) is 3.83. The van der Waals surface area contributed by atoms with Crippen molar-refractivity contribution in [2.45, 2.75) is 46.6 Å². The number of hydrogen-bond donors (Lipinski definition) is 1. The van der Waals surface area contributed by atoms with E-state index in [9.17, 15) is 0 Å². The lowest BCUT2D eigenvalue weighted by molar-refractivity contribution is 0.0923. The minimum Gasteiger partial charge on any atom is -0.381 e. The van der Waals surface area contributed by atoms with Crippen LogP contribution in [0.15, 0.2) is 0 Å². The highest BCUT2D eigenvalue weighted by molar-refractivity contribution is 4.81. The maximum absolute atomic E-state index is 5.64. The SMILES string of the molecule is CCC(C)C1CN(CCCOCC(C)C)CCN1. The smallest absolute Gasteiger partial charge is 0.0489 e. The first-order valence-corrected chi connectivity index (χ1v) is 7.67. The number of nitrogens with one attached hydrogen (secondary N) is 1. The van der Waals surface area contributed by atoms with Gasteiger partial charge in [0.1, 0.15) is 0 Å². The molecule has 1 heterocycles. The molecule has 2 atom stereocenters. The summed E-state index contributed by atoms with van der Waals surface area (Å²) in [7, 11) is 0. The number of rotatable bonds is 8. The van der Waals surface area contributed by atoms with E-state index in [4.69, 9.17) is 4.74 Å². The van der Waals surface area contributed by atoms with E-state index in [0.29, 0.717) is 12.0 Å². The molecule has 0 aliphatic carbocycles. The number of hydrogen-bond acceptors (Lipinski definition) is 3. The molecular formula is C15H32N2O. The van der Waals surface area contributed by atoms with Crippen LogP contribution in [0.25, 0.3) is 0 Å². The molecule has 1 N–H and O–H groups in total.